The number of hydrogen-bond donors (Lipinski definition) is 2. The SMILES string of the molecule is CNCCC(=O)NC(c1ccc(OC)cc1)c1cccc(S(C)(=O)=O)c1. The van der Waals surface area contributed by atoms with Crippen LogP contribution in [0.4, 0.5) is 0 Å². The Morgan fingerprint density at radius 3 is 2.38 bits per heavy atom. The predicted octanol–water partition coefficient (Wildman–Crippen LogP) is 1.91. The number of sulfone groups is 1. The molecule has 0 bridgehead atoms. The van der Waals surface area contributed by atoms with Crippen LogP contribution >= 0.6 is 0 Å². The van der Waals surface area contributed by atoms with Crippen LogP contribution in [0.5, 0.6) is 5.75 Å². The molecule has 2 aromatic rings. The van der Waals surface area contributed by atoms with Crippen molar-refractivity contribution in [1.82, 2.24) is 10.6 Å². The average Bonchev–Trinajstić information content (AvgIpc) is 2.64. The topological polar surface area (TPSA) is 84.5 Å². The number of amides is 1. The van der Waals surface area contributed by atoms with Crippen molar-refractivity contribution in [1.29, 1.82) is 0 Å². The summed E-state index contributed by atoms with van der Waals surface area (Å²) in [6.07, 6.45) is 1.49. The molecule has 0 radical (unpaired) electrons. The van der Waals surface area contributed by atoms with Gasteiger partial charge in [0, 0.05) is 19.2 Å². The van der Waals surface area contributed by atoms with Gasteiger partial charge in [-0.3, -0.25) is 4.79 Å². The summed E-state index contributed by atoms with van der Waals surface area (Å²) in [5.41, 5.74) is 1.55. The molecule has 0 saturated carbocycles. The fraction of sp³-hybridized carbons (Fsp3) is 0.316. The molecule has 0 aliphatic carbocycles. The molecule has 6 nitrogen and oxygen atoms in total. The maximum Gasteiger partial charge on any atom is 0.222 e. The van der Waals surface area contributed by atoms with E-state index in [1.807, 2.05) is 30.3 Å². The number of carbonyl (C=O) groups is 1. The fourth-order valence-electron chi connectivity index (χ4n) is 2.55. The van der Waals surface area contributed by atoms with Gasteiger partial charge in [0.25, 0.3) is 0 Å². The summed E-state index contributed by atoms with van der Waals surface area (Å²) in [6.45, 7) is 0.560. The predicted molar refractivity (Wildman–Crippen MR) is 101 cm³/mol. The van der Waals surface area contributed by atoms with Crippen LogP contribution in [0.1, 0.15) is 23.6 Å². The normalized spacial score (nSPS) is 12.4. The third kappa shape index (κ3) is 5.31. The summed E-state index contributed by atoms with van der Waals surface area (Å²) < 4.78 is 28.9. The van der Waals surface area contributed by atoms with Gasteiger partial charge in [0.05, 0.1) is 18.0 Å². The Bertz CT molecular complexity index is 848. The lowest BCUT2D eigenvalue weighted by Crippen LogP contribution is -2.31. The third-order valence-corrected chi connectivity index (χ3v) is 5.09. The number of methoxy groups -OCH3 is 1. The van der Waals surface area contributed by atoms with E-state index >= 15 is 0 Å². The van der Waals surface area contributed by atoms with E-state index in [4.69, 9.17) is 4.74 Å². The van der Waals surface area contributed by atoms with Gasteiger partial charge in [0.15, 0.2) is 9.84 Å². The summed E-state index contributed by atoms with van der Waals surface area (Å²) in [6, 6.07) is 13.5. The van der Waals surface area contributed by atoms with Gasteiger partial charge in [-0.1, -0.05) is 24.3 Å². The smallest absolute Gasteiger partial charge is 0.222 e. The molecule has 0 aliphatic rings. The Labute approximate surface area is 154 Å². The first kappa shape index (κ1) is 19.9. The highest BCUT2D eigenvalue weighted by Crippen LogP contribution is 2.26. The van der Waals surface area contributed by atoms with Gasteiger partial charge in [-0.2, -0.15) is 0 Å². The van der Waals surface area contributed by atoms with Crippen LogP contribution in [0.2, 0.25) is 0 Å². The molecule has 26 heavy (non-hydrogen) atoms. The Hall–Kier alpha value is -2.38. The fourth-order valence-corrected chi connectivity index (χ4v) is 3.23. The molecule has 0 heterocycles. The van der Waals surface area contributed by atoms with Crippen molar-refractivity contribution in [3.05, 3.63) is 59.7 Å². The zero-order valence-corrected chi connectivity index (χ0v) is 16.0. The summed E-state index contributed by atoms with van der Waals surface area (Å²) in [7, 11) is 0.0294. The van der Waals surface area contributed by atoms with Crippen molar-refractivity contribution in [3.8, 4) is 5.75 Å². The van der Waals surface area contributed by atoms with E-state index in [1.165, 1.54) is 6.26 Å². The second kappa shape index (κ2) is 8.82. The zero-order valence-electron chi connectivity index (χ0n) is 15.2. The monoisotopic (exact) mass is 376 g/mol. The first-order valence-corrected chi connectivity index (χ1v) is 10.1. The first-order chi connectivity index (χ1) is 12.3. The van der Waals surface area contributed by atoms with Crippen LogP contribution in [0, 0.1) is 0 Å². The quantitative estimate of drug-likeness (QED) is 0.735. The molecule has 2 rings (SSSR count). The Morgan fingerprint density at radius 1 is 1.12 bits per heavy atom. The highest BCUT2D eigenvalue weighted by molar-refractivity contribution is 7.90. The van der Waals surface area contributed by atoms with Gasteiger partial charge in [-0.15, -0.1) is 0 Å². The second-order valence-corrected chi connectivity index (χ2v) is 7.99. The molecular formula is C19H24N2O4S. The summed E-state index contributed by atoms with van der Waals surface area (Å²) >= 11 is 0. The molecule has 0 saturated heterocycles. The van der Waals surface area contributed by atoms with E-state index in [0.29, 0.717) is 24.3 Å². The molecule has 2 aromatic carbocycles. The number of nitrogens with one attached hydrogen (secondary N) is 2. The van der Waals surface area contributed by atoms with Crippen molar-refractivity contribution in [3.63, 3.8) is 0 Å². The Morgan fingerprint density at radius 2 is 1.81 bits per heavy atom. The molecule has 1 unspecified atom stereocenters. The maximum absolute atomic E-state index is 12.3. The number of rotatable bonds is 8. The van der Waals surface area contributed by atoms with E-state index in [-0.39, 0.29) is 10.8 Å². The lowest BCUT2D eigenvalue weighted by molar-refractivity contribution is -0.121. The lowest BCUT2D eigenvalue weighted by Gasteiger charge is -2.21. The molecule has 0 fully saturated rings. The summed E-state index contributed by atoms with van der Waals surface area (Å²) in [5.74, 6) is 0.587. The van der Waals surface area contributed by atoms with E-state index in [9.17, 15) is 13.2 Å². The van der Waals surface area contributed by atoms with Crippen molar-refractivity contribution >= 4 is 15.7 Å². The van der Waals surface area contributed by atoms with Crippen LogP contribution in [0.3, 0.4) is 0 Å². The van der Waals surface area contributed by atoms with Gasteiger partial charge in [-0.05, 0) is 42.4 Å². The van der Waals surface area contributed by atoms with Crippen LogP contribution in [0.15, 0.2) is 53.4 Å². The lowest BCUT2D eigenvalue weighted by atomic mass is 9.98. The highest BCUT2D eigenvalue weighted by atomic mass is 32.2. The largest absolute Gasteiger partial charge is 0.497 e. The van der Waals surface area contributed by atoms with Crippen LogP contribution < -0.4 is 15.4 Å². The Kier molecular flexibility index (Phi) is 6.76. The highest BCUT2D eigenvalue weighted by Gasteiger charge is 2.19. The van der Waals surface area contributed by atoms with Gasteiger partial charge in [-0.25, -0.2) is 8.42 Å². The van der Waals surface area contributed by atoms with E-state index in [0.717, 1.165) is 5.56 Å². The second-order valence-electron chi connectivity index (χ2n) is 5.97. The minimum atomic E-state index is -3.34. The van der Waals surface area contributed by atoms with Gasteiger partial charge in [0.2, 0.25) is 5.91 Å². The first-order valence-electron chi connectivity index (χ1n) is 8.23. The van der Waals surface area contributed by atoms with Gasteiger partial charge >= 0.3 is 0 Å². The molecule has 7 heteroatoms. The number of hydrogen-bond acceptors (Lipinski definition) is 5. The van der Waals surface area contributed by atoms with Crippen molar-refractivity contribution in [2.24, 2.45) is 0 Å². The van der Waals surface area contributed by atoms with Gasteiger partial charge in [0.1, 0.15) is 5.75 Å². The molecule has 140 valence electrons. The molecule has 1 amide bonds. The van der Waals surface area contributed by atoms with Gasteiger partial charge < -0.3 is 15.4 Å². The molecule has 0 aliphatic heterocycles. The van der Waals surface area contributed by atoms with Crippen molar-refractivity contribution in [2.75, 3.05) is 27.0 Å². The third-order valence-electron chi connectivity index (χ3n) is 3.98. The standard InChI is InChI=1S/C19H24N2O4S/c1-20-12-11-18(22)21-19(14-7-9-16(25-2)10-8-14)15-5-4-6-17(13-15)26(3,23)24/h4-10,13,19-20H,11-12H2,1-3H3,(H,21,22). The summed E-state index contributed by atoms with van der Waals surface area (Å²) in [5, 5.41) is 5.92. The summed E-state index contributed by atoms with van der Waals surface area (Å²) in [4.78, 5) is 12.5. The molecule has 0 aromatic heterocycles. The van der Waals surface area contributed by atoms with Crippen molar-refractivity contribution in [2.45, 2.75) is 17.4 Å². The van der Waals surface area contributed by atoms with Crippen LogP contribution in [-0.2, 0) is 14.6 Å². The zero-order chi connectivity index (χ0) is 19.2. The molecule has 0 spiro atoms. The molecular weight excluding hydrogens is 352 g/mol. The number of ether oxygens (including phenoxy) is 1. The minimum Gasteiger partial charge on any atom is -0.497 e. The number of carbonyl (C=O) groups excluding carboxylic acids is 1. The van der Waals surface area contributed by atoms with E-state index in [1.54, 1.807) is 32.4 Å². The van der Waals surface area contributed by atoms with E-state index in [2.05, 4.69) is 10.6 Å². The van der Waals surface area contributed by atoms with Crippen LogP contribution in [-0.4, -0.2) is 41.3 Å². The average molecular weight is 376 g/mol. The molecule has 2 N–H and O–H groups in total. The minimum absolute atomic E-state index is 0.120. The Balaban J connectivity index is 2.40. The number of benzene rings is 2. The maximum atomic E-state index is 12.3. The van der Waals surface area contributed by atoms with E-state index < -0.39 is 15.9 Å². The molecule has 1 atom stereocenters. The van der Waals surface area contributed by atoms with Crippen LogP contribution in [0.25, 0.3) is 0 Å². The van der Waals surface area contributed by atoms with Crippen molar-refractivity contribution < 1.29 is 17.9 Å².